The van der Waals surface area contributed by atoms with Crippen molar-refractivity contribution in [3.05, 3.63) is 61.2 Å². The number of hydrogen-bond acceptors (Lipinski definition) is 3. The summed E-state index contributed by atoms with van der Waals surface area (Å²) in [4.78, 5) is 7.01. The zero-order chi connectivity index (χ0) is 12.2. The maximum atomic E-state index is 4.04. The summed E-state index contributed by atoms with van der Waals surface area (Å²) in [6, 6.07) is 12.2. The largest absolute Gasteiger partial charge is 0.360 e. The van der Waals surface area contributed by atoms with Gasteiger partial charge in [-0.2, -0.15) is 4.37 Å². The molecule has 0 radical (unpaired) electrons. The van der Waals surface area contributed by atoms with E-state index in [2.05, 4.69) is 26.5 Å². The number of nitrogens with zero attached hydrogens (tertiary/aromatic N) is 2. The Bertz CT molecular complexity index is 631. The molecule has 0 amide bonds. The lowest BCUT2D eigenvalue weighted by molar-refractivity contribution is 1.34. The van der Waals surface area contributed by atoms with Crippen molar-refractivity contribution in [2.24, 2.45) is 0 Å². The van der Waals surface area contributed by atoms with Crippen molar-refractivity contribution >= 4 is 32.5 Å². The summed E-state index contributed by atoms with van der Waals surface area (Å²) in [7, 11) is 0. The van der Waals surface area contributed by atoms with Crippen LogP contribution in [0.4, 0.5) is 0 Å². The maximum absolute atomic E-state index is 4.04. The van der Waals surface area contributed by atoms with E-state index in [9.17, 15) is 0 Å². The van der Waals surface area contributed by atoms with E-state index in [1.807, 2.05) is 42.9 Å². The highest BCUT2D eigenvalue weighted by molar-refractivity contribution is 7.13. The first-order valence-corrected chi connectivity index (χ1v) is 6.37. The minimum absolute atomic E-state index is 1.09. The van der Waals surface area contributed by atoms with Crippen LogP contribution in [0.25, 0.3) is 21.0 Å². The first-order chi connectivity index (χ1) is 8.93. The van der Waals surface area contributed by atoms with E-state index in [1.54, 1.807) is 6.20 Å². The second-order valence-corrected chi connectivity index (χ2v) is 4.64. The standard InChI is InChI=1S/C7H6N2.C7H5NS/c1-3-8-5-7-6(1)2-4-9-7;1-2-4-7-6(3-1)5-8-9-7/h1-5,9H;1-5H. The second kappa shape index (κ2) is 4.98. The van der Waals surface area contributed by atoms with Gasteiger partial charge in [0.25, 0.3) is 0 Å². The molecule has 0 aliphatic rings. The molecular formula is C14H11N3S. The van der Waals surface area contributed by atoms with Gasteiger partial charge in [0.15, 0.2) is 0 Å². The Morgan fingerprint density at radius 2 is 1.89 bits per heavy atom. The number of benzene rings is 1. The number of pyridine rings is 1. The zero-order valence-corrected chi connectivity index (χ0v) is 10.4. The number of aromatic nitrogens is 3. The van der Waals surface area contributed by atoms with Crippen LogP contribution >= 0.6 is 11.5 Å². The number of rotatable bonds is 0. The van der Waals surface area contributed by atoms with E-state index in [4.69, 9.17) is 0 Å². The van der Waals surface area contributed by atoms with Gasteiger partial charge < -0.3 is 4.98 Å². The van der Waals surface area contributed by atoms with Crippen molar-refractivity contribution in [3.8, 4) is 0 Å². The molecule has 0 saturated carbocycles. The molecule has 3 nitrogen and oxygen atoms in total. The molecule has 0 aliphatic heterocycles. The number of hydrogen-bond donors (Lipinski definition) is 1. The van der Waals surface area contributed by atoms with Crippen LogP contribution in [0.15, 0.2) is 61.2 Å². The molecule has 0 aliphatic carbocycles. The molecule has 0 saturated heterocycles. The van der Waals surface area contributed by atoms with Crippen LogP contribution in [0.5, 0.6) is 0 Å². The van der Waals surface area contributed by atoms with Gasteiger partial charge in [-0.15, -0.1) is 0 Å². The Kier molecular flexibility index (Phi) is 3.02. The van der Waals surface area contributed by atoms with Crippen molar-refractivity contribution in [2.45, 2.75) is 0 Å². The lowest BCUT2D eigenvalue weighted by atomic mass is 10.3. The fraction of sp³-hybridized carbons (Fsp3) is 0. The zero-order valence-electron chi connectivity index (χ0n) is 9.58. The smallest absolute Gasteiger partial charge is 0.0640 e. The molecular weight excluding hydrogens is 242 g/mol. The van der Waals surface area contributed by atoms with Crippen molar-refractivity contribution in [1.82, 2.24) is 14.3 Å². The highest BCUT2D eigenvalue weighted by Crippen LogP contribution is 2.15. The molecule has 0 unspecified atom stereocenters. The van der Waals surface area contributed by atoms with Gasteiger partial charge >= 0.3 is 0 Å². The average molecular weight is 253 g/mol. The Hall–Kier alpha value is -2.20. The Morgan fingerprint density at radius 1 is 0.944 bits per heavy atom. The summed E-state index contributed by atoms with van der Waals surface area (Å²) in [6.07, 6.45) is 7.40. The van der Waals surface area contributed by atoms with Crippen LogP contribution in [-0.2, 0) is 0 Å². The normalized spacial score (nSPS) is 10.2. The van der Waals surface area contributed by atoms with E-state index < -0.39 is 0 Å². The van der Waals surface area contributed by atoms with Gasteiger partial charge in [0.1, 0.15) is 0 Å². The predicted molar refractivity (Wildman–Crippen MR) is 75.7 cm³/mol. The Morgan fingerprint density at radius 3 is 2.78 bits per heavy atom. The number of H-pyrrole nitrogens is 1. The maximum Gasteiger partial charge on any atom is 0.0640 e. The molecule has 3 aromatic heterocycles. The summed E-state index contributed by atoms with van der Waals surface area (Å²) in [6.45, 7) is 0. The van der Waals surface area contributed by atoms with Crippen molar-refractivity contribution in [2.75, 3.05) is 0 Å². The quantitative estimate of drug-likeness (QED) is 0.517. The van der Waals surface area contributed by atoms with Crippen molar-refractivity contribution < 1.29 is 0 Å². The summed E-state index contributed by atoms with van der Waals surface area (Å²) < 4.78 is 5.30. The predicted octanol–water partition coefficient (Wildman–Crippen LogP) is 3.86. The van der Waals surface area contributed by atoms with Gasteiger partial charge in [0.05, 0.1) is 16.4 Å². The van der Waals surface area contributed by atoms with Crippen LogP contribution in [0.3, 0.4) is 0 Å². The van der Waals surface area contributed by atoms with Gasteiger partial charge in [-0.3, -0.25) is 4.98 Å². The molecule has 1 aromatic carbocycles. The van der Waals surface area contributed by atoms with E-state index in [1.165, 1.54) is 27.0 Å². The monoisotopic (exact) mass is 253 g/mol. The third-order valence-electron chi connectivity index (χ3n) is 2.62. The van der Waals surface area contributed by atoms with Crippen molar-refractivity contribution in [1.29, 1.82) is 0 Å². The fourth-order valence-corrected chi connectivity index (χ4v) is 2.35. The van der Waals surface area contributed by atoms with Crippen LogP contribution in [0, 0.1) is 0 Å². The number of fused-ring (bicyclic) bond motifs is 2. The van der Waals surface area contributed by atoms with Crippen LogP contribution in [0.2, 0.25) is 0 Å². The highest BCUT2D eigenvalue weighted by Gasteiger charge is 1.89. The van der Waals surface area contributed by atoms with E-state index in [-0.39, 0.29) is 0 Å². The molecule has 0 bridgehead atoms. The SMILES string of the molecule is c1cc2cc[nH]c2cn1.c1ccc2sncc2c1. The first-order valence-electron chi connectivity index (χ1n) is 5.60. The molecule has 88 valence electrons. The van der Waals surface area contributed by atoms with Crippen LogP contribution in [0.1, 0.15) is 0 Å². The van der Waals surface area contributed by atoms with Gasteiger partial charge in [0.2, 0.25) is 0 Å². The van der Waals surface area contributed by atoms with Crippen LogP contribution < -0.4 is 0 Å². The Balaban J connectivity index is 0.000000111. The minimum Gasteiger partial charge on any atom is -0.360 e. The lowest BCUT2D eigenvalue weighted by Crippen LogP contribution is -1.68. The summed E-state index contributed by atoms with van der Waals surface area (Å²) in [5.41, 5.74) is 1.09. The molecule has 0 spiro atoms. The molecule has 4 aromatic rings. The molecule has 0 atom stereocenters. The Labute approximate surface area is 108 Å². The molecule has 4 heteroatoms. The van der Waals surface area contributed by atoms with E-state index in [0.717, 1.165) is 5.52 Å². The third kappa shape index (κ3) is 2.24. The number of aromatic amines is 1. The molecule has 3 heterocycles. The number of nitrogens with one attached hydrogen (secondary N) is 1. The minimum atomic E-state index is 1.09. The van der Waals surface area contributed by atoms with Gasteiger partial charge in [-0.05, 0) is 29.7 Å². The van der Waals surface area contributed by atoms with Crippen molar-refractivity contribution in [3.63, 3.8) is 0 Å². The van der Waals surface area contributed by atoms with E-state index >= 15 is 0 Å². The van der Waals surface area contributed by atoms with Gasteiger partial charge in [-0.1, -0.05) is 18.2 Å². The summed E-state index contributed by atoms with van der Waals surface area (Å²) in [5.74, 6) is 0. The average Bonchev–Trinajstić information content (AvgIpc) is 3.08. The third-order valence-corrected chi connectivity index (χ3v) is 3.40. The molecule has 0 fully saturated rings. The van der Waals surface area contributed by atoms with Gasteiger partial charge in [0, 0.05) is 29.4 Å². The fourth-order valence-electron chi connectivity index (χ4n) is 1.70. The lowest BCUT2D eigenvalue weighted by Gasteiger charge is -1.82. The van der Waals surface area contributed by atoms with E-state index in [0.29, 0.717) is 0 Å². The van der Waals surface area contributed by atoms with Gasteiger partial charge in [-0.25, -0.2) is 0 Å². The topological polar surface area (TPSA) is 41.6 Å². The van der Waals surface area contributed by atoms with Crippen LogP contribution in [-0.4, -0.2) is 14.3 Å². The highest BCUT2D eigenvalue weighted by atomic mass is 32.1. The molecule has 18 heavy (non-hydrogen) atoms. The summed E-state index contributed by atoms with van der Waals surface area (Å²) >= 11 is 1.54. The second-order valence-electron chi connectivity index (χ2n) is 3.80. The molecule has 1 N–H and O–H groups in total. The first kappa shape index (κ1) is 10.9. The summed E-state index contributed by atoms with van der Waals surface area (Å²) in [5, 5.41) is 2.45. The molecule has 4 rings (SSSR count).